The maximum absolute atomic E-state index is 12.5. The summed E-state index contributed by atoms with van der Waals surface area (Å²) < 4.78 is 5.33. The summed E-state index contributed by atoms with van der Waals surface area (Å²) in [5.74, 6) is -0.915. The van der Waals surface area contributed by atoms with Gasteiger partial charge >= 0.3 is 5.63 Å². The standard InChI is InChI=1S/C19H17NO4/c1-11(21)10-13(12-6-3-2-4-7-12)16-18(22)17-14(20)8-5-9-15(17)24-19(16)23/h2-9,13,22H,10,20H2,1H3. The number of nitrogen functional groups attached to an aromatic ring is 1. The van der Waals surface area contributed by atoms with Crippen LogP contribution in [0.3, 0.4) is 0 Å². The van der Waals surface area contributed by atoms with E-state index < -0.39 is 11.5 Å². The Kier molecular flexibility index (Phi) is 4.08. The second kappa shape index (κ2) is 6.20. The number of hydrogen-bond donors (Lipinski definition) is 2. The molecular weight excluding hydrogens is 306 g/mol. The monoisotopic (exact) mass is 323 g/mol. The normalized spacial score (nSPS) is 12.2. The number of benzene rings is 2. The van der Waals surface area contributed by atoms with E-state index in [1.165, 1.54) is 6.92 Å². The lowest BCUT2D eigenvalue weighted by molar-refractivity contribution is -0.117. The van der Waals surface area contributed by atoms with Gasteiger partial charge in [-0.3, -0.25) is 4.79 Å². The number of fused-ring (bicyclic) bond motifs is 1. The Labute approximate surface area is 138 Å². The molecule has 1 unspecified atom stereocenters. The fraction of sp³-hybridized carbons (Fsp3) is 0.158. The molecule has 0 aliphatic rings. The van der Waals surface area contributed by atoms with Crippen molar-refractivity contribution in [3.63, 3.8) is 0 Å². The first-order valence-corrected chi connectivity index (χ1v) is 7.57. The van der Waals surface area contributed by atoms with E-state index in [0.29, 0.717) is 5.69 Å². The predicted molar refractivity (Wildman–Crippen MR) is 92.1 cm³/mol. The SMILES string of the molecule is CC(=O)CC(c1ccccc1)c1c(O)c2c(N)cccc2oc1=O. The zero-order valence-electron chi connectivity index (χ0n) is 13.2. The summed E-state index contributed by atoms with van der Waals surface area (Å²) in [4.78, 5) is 24.2. The predicted octanol–water partition coefficient (Wildman–Crippen LogP) is 3.19. The molecule has 1 atom stereocenters. The number of hydrogen-bond acceptors (Lipinski definition) is 5. The summed E-state index contributed by atoms with van der Waals surface area (Å²) in [5, 5.41) is 11.0. The number of nitrogens with two attached hydrogens (primary N) is 1. The second-order valence-corrected chi connectivity index (χ2v) is 5.74. The molecule has 1 aromatic heterocycles. The van der Waals surface area contributed by atoms with Gasteiger partial charge in [-0.2, -0.15) is 0 Å². The Balaban J connectivity index is 2.30. The molecule has 122 valence electrons. The lowest BCUT2D eigenvalue weighted by atomic mass is 9.87. The van der Waals surface area contributed by atoms with Gasteiger partial charge in [0.15, 0.2) is 0 Å². The lowest BCUT2D eigenvalue weighted by Gasteiger charge is -2.17. The van der Waals surface area contributed by atoms with Crippen LogP contribution in [0.2, 0.25) is 0 Å². The average molecular weight is 323 g/mol. The van der Waals surface area contributed by atoms with Crippen LogP contribution < -0.4 is 11.4 Å². The average Bonchev–Trinajstić information content (AvgIpc) is 2.54. The molecule has 0 saturated heterocycles. The van der Waals surface area contributed by atoms with Crippen molar-refractivity contribution in [1.82, 2.24) is 0 Å². The molecule has 0 spiro atoms. The van der Waals surface area contributed by atoms with Gasteiger partial charge in [-0.15, -0.1) is 0 Å². The van der Waals surface area contributed by atoms with E-state index in [4.69, 9.17) is 10.2 Å². The number of carbonyl (C=O) groups is 1. The molecule has 3 rings (SSSR count). The second-order valence-electron chi connectivity index (χ2n) is 5.74. The van der Waals surface area contributed by atoms with Crippen LogP contribution >= 0.6 is 0 Å². The fourth-order valence-electron chi connectivity index (χ4n) is 2.94. The third kappa shape index (κ3) is 2.76. The fourth-order valence-corrected chi connectivity index (χ4v) is 2.94. The smallest absolute Gasteiger partial charge is 0.343 e. The maximum Gasteiger partial charge on any atom is 0.343 e. The van der Waals surface area contributed by atoms with Crippen LogP contribution in [0, 0.1) is 0 Å². The highest BCUT2D eigenvalue weighted by molar-refractivity contribution is 5.95. The van der Waals surface area contributed by atoms with Crippen molar-refractivity contribution in [2.75, 3.05) is 5.73 Å². The zero-order valence-corrected chi connectivity index (χ0v) is 13.2. The van der Waals surface area contributed by atoms with E-state index in [1.54, 1.807) is 18.2 Å². The molecule has 0 aliphatic heterocycles. The molecule has 0 fully saturated rings. The van der Waals surface area contributed by atoms with Crippen LogP contribution in [0.15, 0.2) is 57.7 Å². The lowest BCUT2D eigenvalue weighted by Crippen LogP contribution is -2.16. The van der Waals surface area contributed by atoms with Crippen LogP contribution in [0.25, 0.3) is 11.0 Å². The van der Waals surface area contributed by atoms with Gasteiger partial charge in [0.1, 0.15) is 17.1 Å². The van der Waals surface area contributed by atoms with Crippen molar-refractivity contribution in [2.24, 2.45) is 0 Å². The third-order valence-electron chi connectivity index (χ3n) is 4.01. The quantitative estimate of drug-likeness (QED) is 0.568. The molecule has 0 radical (unpaired) electrons. The molecule has 3 N–H and O–H groups in total. The van der Waals surface area contributed by atoms with E-state index in [0.717, 1.165) is 5.56 Å². The highest BCUT2D eigenvalue weighted by atomic mass is 16.4. The summed E-state index contributed by atoms with van der Waals surface area (Å²) in [6, 6.07) is 13.9. The molecule has 0 saturated carbocycles. The van der Waals surface area contributed by atoms with Crippen LogP contribution in [0.1, 0.15) is 30.4 Å². The van der Waals surface area contributed by atoms with Gasteiger partial charge in [-0.05, 0) is 24.6 Å². The minimum absolute atomic E-state index is 0.0572. The zero-order chi connectivity index (χ0) is 17.3. The Morgan fingerprint density at radius 3 is 2.54 bits per heavy atom. The van der Waals surface area contributed by atoms with Gasteiger partial charge in [0, 0.05) is 18.0 Å². The molecule has 5 nitrogen and oxygen atoms in total. The Morgan fingerprint density at radius 2 is 1.88 bits per heavy atom. The van der Waals surface area contributed by atoms with Gasteiger partial charge in [-0.1, -0.05) is 36.4 Å². The van der Waals surface area contributed by atoms with E-state index in [1.807, 2.05) is 30.3 Å². The molecule has 24 heavy (non-hydrogen) atoms. The molecule has 1 heterocycles. The maximum atomic E-state index is 12.5. The van der Waals surface area contributed by atoms with E-state index >= 15 is 0 Å². The third-order valence-corrected chi connectivity index (χ3v) is 4.01. The van der Waals surface area contributed by atoms with Crippen molar-refractivity contribution < 1.29 is 14.3 Å². The largest absolute Gasteiger partial charge is 0.507 e. The first kappa shape index (κ1) is 15.8. The van der Waals surface area contributed by atoms with Crippen molar-refractivity contribution in [3.05, 3.63) is 70.1 Å². The molecule has 0 aliphatic carbocycles. The van der Waals surface area contributed by atoms with Gasteiger partial charge in [0.2, 0.25) is 0 Å². The van der Waals surface area contributed by atoms with Crippen molar-refractivity contribution in [3.8, 4) is 5.75 Å². The Bertz CT molecular complexity index is 960. The molecule has 0 amide bonds. The highest BCUT2D eigenvalue weighted by Crippen LogP contribution is 2.38. The molecular formula is C19H17NO4. The van der Waals surface area contributed by atoms with Crippen LogP contribution in [-0.2, 0) is 4.79 Å². The van der Waals surface area contributed by atoms with Crippen LogP contribution in [-0.4, -0.2) is 10.9 Å². The number of rotatable bonds is 4. The topological polar surface area (TPSA) is 93.5 Å². The van der Waals surface area contributed by atoms with Crippen molar-refractivity contribution >= 4 is 22.4 Å². The Morgan fingerprint density at radius 1 is 1.17 bits per heavy atom. The summed E-state index contributed by atoms with van der Waals surface area (Å²) in [5.41, 5.74) is 6.60. The molecule has 0 bridgehead atoms. The summed E-state index contributed by atoms with van der Waals surface area (Å²) in [6.45, 7) is 1.45. The van der Waals surface area contributed by atoms with Gasteiger partial charge < -0.3 is 15.3 Å². The minimum Gasteiger partial charge on any atom is -0.507 e. The van der Waals surface area contributed by atoms with Gasteiger partial charge in [0.25, 0.3) is 0 Å². The van der Waals surface area contributed by atoms with E-state index in [-0.39, 0.29) is 34.5 Å². The highest BCUT2D eigenvalue weighted by Gasteiger charge is 2.26. The molecule has 5 heteroatoms. The number of Topliss-reactive ketones (excluding diaryl/α,β-unsaturated/α-hetero) is 1. The Hall–Kier alpha value is -3.08. The van der Waals surface area contributed by atoms with E-state index in [9.17, 15) is 14.7 Å². The van der Waals surface area contributed by atoms with Crippen LogP contribution in [0.4, 0.5) is 5.69 Å². The van der Waals surface area contributed by atoms with Crippen molar-refractivity contribution in [2.45, 2.75) is 19.3 Å². The first-order valence-electron chi connectivity index (χ1n) is 7.57. The number of carbonyl (C=O) groups excluding carboxylic acids is 1. The molecule has 3 aromatic rings. The van der Waals surface area contributed by atoms with E-state index in [2.05, 4.69) is 0 Å². The van der Waals surface area contributed by atoms with Gasteiger partial charge in [0.05, 0.1) is 10.9 Å². The van der Waals surface area contributed by atoms with Crippen LogP contribution in [0.5, 0.6) is 5.75 Å². The summed E-state index contributed by atoms with van der Waals surface area (Å²) >= 11 is 0. The minimum atomic E-state index is -0.666. The van der Waals surface area contributed by atoms with Gasteiger partial charge in [-0.25, -0.2) is 4.79 Å². The number of ketones is 1. The number of anilines is 1. The molecule has 2 aromatic carbocycles. The van der Waals surface area contributed by atoms with Crippen molar-refractivity contribution in [1.29, 1.82) is 0 Å². The summed E-state index contributed by atoms with van der Waals surface area (Å²) in [6.07, 6.45) is 0.0839. The summed E-state index contributed by atoms with van der Waals surface area (Å²) in [7, 11) is 0. The first-order chi connectivity index (χ1) is 11.5. The number of aromatic hydroxyl groups is 1.